The molecule has 80 valence electrons. The van der Waals surface area contributed by atoms with Crippen molar-refractivity contribution < 1.29 is 4.98 Å². The largest absolute Gasteiger partial charge is 0.332 e. The van der Waals surface area contributed by atoms with Gasteiger partial charge in [-0.3, -0.25) is 5.10 Å². The maximum Gasteiger partial charge on any atom is 0.193 e. The van der Waals surface area contributed by atoms with Gasteiger partial charge in [-0.05, 0) is 28.9 Å². The van der Waals surface area contributed by atoms with Crippen LogP contribution in [0.2, 0.25) is 0 Å². The number of aromatic nitrogens is 5. The Morgan fingerprint density at radius 2 is 2.25 bits per heavy atom. The third kappa shape index (κ3) is 1.42. The first-order chi connectivity index (χ1) is 7.74. The lowest BCUT2D eigenvalue weighted by molar-refractivity contribution is -0.376. The van der Waals surface area contributed by atoms with Crippen molar-refractivity contribution in [3.8, 4) is 11.5 Å². The Morgan fingerprint density at radius 1 is 1.38 bits per heavy atom. The molecule has 0 aliphatic rings. The molecule has 0 radical (unpaired) electrons. The standard InChI is InChI=1S/C10H8BrN5/c1-5-2-7(16-15-5)10-13-8-4-12-3-6(11)9(8)14-10/h2-4H,1H3,(H,13,14)(H,15,16)/p+1. The second-order valence-corrected chi connectivity index (χ2v) is 4.44. The molecule has 3 heterocycles. The van der Waals surface area contributed by atoms with Crippen LogP contribution in [0, 0.1) is 6.92 Å². The molecule has 0 aromatic carbocycles. The van der Waals surface area contributed by atoms with Gasteiger partial charge in [0.1, 0.15) is 21.2 Å². The van der Waals surface area contributed by atoms with Crippen LogP contribution < -0.4 is 4.98 Å². The van der Waals surface area contributed by atoms with Gasteiger partial charge in [-0.2, -0.15) is 5.10 Å². The zero-order chi connectivity index (χ0) is 11.1. The van der Waals surface area contributed by atoms with Crippen molar-refractivity contribution in [2.75, 3.05) is 0 Å². The summed E-state index contributed by atoms with van der Waals surface area (Å²) >= 11 is 3.45. The number of nitrogens with zero attached hydrogens (tertiary/aromatic N) is 2. The molecule has 3 rings (SSSR count). The lowest BCUT2D eigenvalue weighted by Crippen LogP contribution is -1.98. The molecule has 16 heavy (non-hydrogen) atoms. The van der Waals surface area contributed by atoms with E-state index in [1.165, 1.54) is 0 Å². The van der Waals surface area contributed by atoms with E-state index in [1.807, 2.05) is 25.4 Å². The molecule has 0 spiro atoms. The molecule has 3 aromatic heterocycles. The quantitative estimate of drug-likeness (QED) is 0.713. The number of hydrogen-bond acceptors (Lipinski definition) is 2. The third-order valence-electron chi connectivity index (χ3n) is 2.34. The van der Waals surface area contributed by atoms with E-state index in [4.69, 9.17) is 0 Å². The number of H-pyrrole nitrogens is 3. The number of halogens is 1. The van der Waals surface area contributed by atoms with Crippen molar-refractivity contribution >= 4 is 27.0 Å². The number of pyridine rings is 1. The number of nitrogens with one attached hydrogen (secondary N) is 3. The van der Waals surface area contributed by atoms with Crippen LogP contribution >= 0.6 is 15.9 Å². The van der Waals surface area contributed by atoms with Crippen LogP contribution in [0.5, 0.6) is 0 Å². The first-order valence-electron chi connectivity index (χ1n) is 4.82. The molecule has 5 nitrogen and oxygen atoms in total. The lowest BCUT2D eigenvalue weighted by atomic mass is 10.4. The van der Waals surface area contributed by atoms with E-state index < -0.39 is 0 Å². The summed E-state index contributed by atoms with van der Waals surface area (Å²) in [5, 5.41) is 7.06. The maximum absolute atomic E-state index is 4.49. The first kappa shape index (κ1) is 9.53. The van der Waals surface area contributed by atoms with Crippen LogP contribution in [0.4, 0.5) is 0 Å². The summed E-state index contributed by atoms with van der Waals surface area (Å²) in [5.74, 6) is 0.764. The molecule has 0 aliphatic carbocycles. The van der Waals surface area contributed by atoms with Crippen LogP contribution in [0.25, 0.3) is 22.6 Å². The van der Waals surface area contributed by atoms with Gasteiger partial charge in [-0.25, -0.2) is 9.97 Å². The van der Waals surface area contributed by atoms with Gasteiger partial charge in [0.05, 0.1) is 0 Å². The molecule has 0 aliphatic heterocycles. The number of imidazole rings is 1. The summed E-state index contributed by atoms with van der Waals surface area (Å²) in [5.41, 5.74) is 3.68. The predicted octanol–water partition coefficient (Wildman–Crippen LogP) is 1.84. The van der Waals surface area contributed by atoms with E-state index >= 15 is 0 Å². The fourth-order valence-corrected chi connectivity index (χ4v) is 2.03. The molecule has 0 fully saturated rings. The van der Waals surface area contributed by atoms with Crippen LogP contribution in [0.3, 0.4) is 0 Å². The molecule has 0 bridgehead atoms. The second-order valence-electron chi connectivity index (χ2n) is 3.59. The van der Waals surface area contributed by atoms with Crippen molar-refractivity contribution in [3.05, 3.63) is 28.6 Å². The summed E-state index contributed by atoms with van der Waals surface area (Å²) < 4.78 is 0.930. The van der Waals surface area contributed by atoms with Crippen molar-refractivity contribution in [1.82, 2.24) is 20.2 Å². The number of aromatic amines is 3. The Morgan fingerprint density at radius 3 is 2.94 bits per heavy atom. The minimum Gasteiger partial charge on any atom is -0.332 e. The van der Waals surface area contributed by atoms with E-state index in [1.54, 1.807) is 0 Å². The Labute approximate surface area is 99.4 Å². The second kappa shape index (κ2) is 3.41. The summed E-state index contributed by atoms with van der Waals surface area (Å²) in [7, 11) is 0. The van der Waals surface area contributed by atoms with Crippen LogP contribution in [0.1, 0.15) is 5.69 Å². The molecule has 3 aromatic rings. The molecule has 0 saturated heterocycles. The van der Waals surface area contributed by atoms with E-state index in [0.29, 0.717) is 0 Å². The molecular weight excluding hydrogens is 270 g/mol. The minimum atomic E-state index is 0.764. The summed E-state index contributed by atoms with van der Waals surface area (Å²) in [4.78, 5) is 10.7. The normalized spacial score (nSPS) is 11.1. The average molecular weight is 279 g/mol. The Hall–Kier alpha value is -1.69. The maximum atomic E-state index is 4.49. The highest BCUT2D eigenvalue weighted by atomic mass is 79.9. The summed E-state index contributed by atoms with van der Waals surface area (Å²) in [6.45, 7) is 1.96. The highest BCUT2D eigenvalue weighted by molar-refractivity contribution is 9.10. The smallest absolute Gasteiger partial charge is 0.193 e. The van der Waals surface area contributed by atoms with E-state index in [9.17, 15) is 0 Å². The van der Waals surface area contributed by atoms with E-state index in [2.05, 4.69) is 41.1 Å². The zero-order valence-corrected chi connectivity index (χ0v) is 10.1. The SMILES string of the molecule is Cc1cc(-c2nc3c(Br)c[nH+]cc3[nH]2)n[nH]1. The highest BCUT2D eigenvalue weighted by Crippen LogP contribution is 2.23. The predicted molar refractivity (Wildman–Crippen MR) is 62.7 cm³/mol. The van der Waals surface area contributed by atoms with Gasteiger partial charge in [0.25, 0.3) is 0 Å². The Balaban J connectivity index is 2.22. The molecule has 3 N–H and O–H groups in total. The summed E-state index contributed by atoms with van der Waals surface area (Å²) in [6, 6.07) is 1.95. The molecule has 0 saturated carbocycles. The van der Waals surface area contributed by atoms with Crippen molar-refractivity contribution in [2.24, 2.45) is 0 Å². The first-order valence-corrected chi connectivity index (χ1v) is 5.61. The topological polar surface area (TPSA) is 71.5 Å². The van der Waals surface area contributed by atoms with Crippen LogP contribution in [-0.4, -0.2) is 20.2 Å². The van der Waals surface area contributed by atoms with E-state index in [0.717, 1.165) is 32.7 Å². The Kier molecular flexibility index (Phi) is 2.03. The van der Waals surface area contributed by atoms with Crippen molar-refractivity contribution in [1.29, 1.82) is 0 Å². The molecular formula is C10H9BrN5+. The van der Waals surface area contributed by atoms with Gasteiger partial charge in [-0.15, -0.1) is 0 Å². The van der Waals surface area contributed by atoms with Gasteiger partial charge in [0, 0.05) is 5.69 Å². The number of aryl methyl sites for hydroxylation is 1. The van der Waals surface area contributed by atoms with Gasteiger partial charge in [-0.1, -0.05) is 0 Å². The van der Waals surface area contributed by atoms with Gasteiger partial charge in [0.2, 0.25) is 0 Å². The molecule has 6 heteroatoms. The van der Waals surface area contributed by atoms with Crippen LogP contribution in [-0.2, 0) is 0 Å². The van der Waals surface area contributed by atoms with E-state index in [-0.39, 0.29) is 0 Å². The Bertz CT molecular complexity index is 654. The number of hydrogen-bond donors (Lipinski definition) is 2. The molecule has 0 amide bonds. The highest BCUT2D eigenvalue weighted by Gasteiger charge is 2.11. The van der Waals surface area contributed by atoms with Crippen LogP contribution in [0.15, 0.2) is 22.9 Å². The number of fused-ring (bicyclic) bond motifs is 1. The molecule has 0 atom stereocenters. The molecule has 0 unspecified atom stereocenters. The third-order valence-corrected chi connectivity index (χ3v) is 2.95. The minimum absolute atomic E-state index is 0.764. The van der Waals surface area contributed by atoms with Gasteiger partial charge < -0.3 is 4.98 Å². The lowest BCUT2D eigenvalue weighted by Gasteiger charge is -1.84. The average Bonchev–Trinajstić information content (AvgIpc) is 2.84. The summed E-state index contributed by atoms with van der Waals surface area (Å²) in [6.07, 6.45) is 3.72. The monoisotopic (exact) mass is 278 g/mol. The fourth-order valence-electron chi connectivity index (χ4n) is 1.60. The zero-order valence-electron chi connectivity index (χ0n) is 8.50. The van der Waals surface area contributed by atoms with Crippen molar-refractivity contribution in [3.63, 3.8) is 0 Å². The number of rotatable bonds is 1. The fraction of sp³-hybridized carbons (Fsp3) is 0.100. The van der Waals surface area contributed by atoms with Gasteiger partial charge in [0.15, 0.2) is 18.2 Å². The van der Waals surface area contributed by atoms with Crippen molar-refractivity contribution in [2.45, 2.75) is 6.92 Å². The van der Waals surface area contributed by atoms with Gasteiger partial charge >= 0.3 is 0 Å².